The summed E-state index contributed by atoms with van der Waals surface area (Å²) in [6.07, 6.45) is 4.86. The van der Waals surface area contributed by atoms with E-state index in [1.165, 1.54) is 12.8 Å². The zero-order chi connectivity index (χ0) is 7.68. The molecule has 1 aliphatic heterocycles. The van der Waals surface area contributed by atoms with Gasteiger partial charge in [-0.05, 0) is 19.3 Å². The van der Waals surface area contributed by atoms with Gasteiger partial charge in [-0.25, -0.2) is 0 Å². The highest BCUT2D eigenvalue weighted by Crippen LogP contribution is 2.23. The van der Waals surface area contributed by atoms with Gasteiger partial charge in [0.25, 0.3) is 0 Å². The maximum Gasteiger partial charge on any atom is 0.320 e. The Balaban J connectivity index is 1.98. The first-order chi connectivity index (χ1) is 5.36. The van der Waals surface area contributed by atoms with Crippen molar-refractivity contribution in [2.24, 2.45) is 0 Å². The largest absolute Gasteiger partial charge is 0.460 e. The molecule has 0 aromatic heterocycles. The predicted octanol–water partition coefficient (Wildman–Crippen LogP) is 0.444. The fraction of sp³-hybridized carbons (Fsp3) is 0.875. The summed E-state index contributed by atoms with van der Waals surface area (Å²) in [6, 6.07) is 0.446. The molecule has 1 saturated heterocycles. The molecule has 1 saturated carbocycles. The summed E-state index contributed by atoms with van der Waals surface area (Å²) in [7, 11) is 0. The number of esters is 1. The number of hydrogen-bond acceptors (Lipinski definition) is 3. The van der Waals surface area contributed by atoms with Gasteiger partial charge < -0.3 is 10.1 Å². The zero-order valence-corrected chi connectivity index (χ0v) is 6.51. The van der Waals surface area contributed by atoms with Crippen LogP contribution in [-0.4, -0.2) is 24.7 Å². The monoisotopic (exact) mass is 155 g/mol. The molecule has 1 N–H and O–H groups in total. The molecule has 3 heteroatoms. The Hall–Kier alpha value is -0.570. The van der Waals surface area contributed by atoms with Gasteiger partial charge in [0, 0.05) is 6.04 Å². The number of rotatable bonds is 0. The van der Waals surface area contributed by atoms with Crippen LogP contribution in [0.2, 0.25) is 0 Å². The fourth-order valence-corrected chi connectivity index (χ4v) is 1.90. The highest BCUT2D eigenvalue weighted by Gasteiger charge is 2.31. The second-order valence-electron chi connectivity index (χ2n) is 3.30. The quantitative estimate of drug-likeness (QED) is 0.516. The molecule has 2 fully saturated rings. The maximum atomic E-state index is 10.8. The molecule has 0 spiro atoms. The lowest BCUT2D eigenvalue weighted by molar-refractivity contribution is -0.156. The number of carbonyl (C=O) groups is 1. The fourth-order valence-electron chi connectivity index (χ4n) is 1.90. The van der Waals surface area contributed by atoms with E-state index in [1.807, 2.05) is 0 Å². The SMILES string of the molecule is O=C1CN[C@H]2CCCC[C@@H]2O1. The van der Waals surface area contributed by atoms with E-state index in [-0.39, 0.29) is 12.1 Å². The van der Waals surface area contributed by atoms with Crippen LogP contribution >= 0.6 is 0 Å². The van der Waals surface area contributed by atoms with Crippen LogP contribution < -0.4 is 5.32 Å². The molecule has 0 bridgehead atoms. The van der Waals surface area contributed by atoms with E-state index in [0.29, 0.717) is 12.6 Å². The molecular weight excluding hydrogens is 142 g/mol. The summed E-state index contributed by atoms with van der Waals surface area (Å²) >= 11 is 0. The van der Waals surface area contributed by atoms with Crippen LogP contribution in [0.25, 0.3) is 0 Å². The lowest BCUT2D eigenvalue weighted by Crippen LogP contribution is -2.51. The Kier molecular flexibility index (Phi) is 1.82. The van der Waals surface area contributed by atoms with E-state index in [4.69, 9.17) is 4.74 Å². The number of nitrogens with one attached hydrogen (secondary N) is 1. The van der Waals surface area contributed by atoms with Crippen molar-refractivity contribution in [2.75, 3.05) is 6.54 Å². The molecule has 0 amide bonds. The number of fused-ring (bicyclic) bond motifs is 1. The third-order valence-electron chi connectivity index (χ3n) is 2.49. The standard InChI is InChI=1S/C8H13NO2/c10-8-5-9-6-3-1-2-4-7(6)11-8/h6-7,9H,1-5H2/t6-,7-/m0/s1. The van der Waals surface area contributed by atoms with Crippen LogP contribution in [0.4, 0.5) is 0 Å². The van der Waals surface area contributed by atoms with Gasteiger partial charge in [-0.2, -0.15) is 0 Å². The van der Waals surface area contributed by atoms with Crippen molar-refractivity contribution in [2.45, 2.75) is 37.8 Å². The number of morpholine rings is 1. The van der Waals surface area contributed by atoms with Gasteiger partial charge >= 0.3 is 5.97 Å². The molecular formula is C8H13NO2. The van der Waals surface area contributed by atoms with Crippen LogP contribution in [0.3, 0.4) is 0 Å². The summed E-state index contributed by atoms with van der Waals surface area (Å²) in [5, 5.41) is 3.20. The molecule has 1 aliphatic carbocycles. The highest BCUT2D eigenvalue weighted by atomic mass is 16.5. The summed E-state index contributed by atoms with van der Waals surface area (Å²) in [5.74, 6) is -0.0897. The minimum absolute atomic E-state index is 0.0897. The lowest BCUT2D eigenvalue weighted by atomic mass is 9.91. The zero-order valence-electron chi connectivity index (χ0n) is 6.51. The van der Waals surface area contributed by atoms with Gasteiger partial charge in [0.2, 0.25) is 0 Å². The Labute approximate surface area is 66.1 Å². The second kappa shape index (κ2) is 2.81. The highest BCUT2D eigenvalue weighted by molar-refractivity contribution is 5.72. The average Bonchev–Trinajstić information content (AvgIpc) is 2.04. The topological polar surface area (TPSA) is 38.3 Å². The molecule has 2 atom stereocenters. The van der Waals surface area contributed by atoms with E-state index in [9.17, 15) is 4.79 Å². The summed E-state index contributed by atoms with van der Waals surface area (Å²) in [4.78, 5) is 10.8. The van der Waals surface area contributed by atoms with E-state index >= 15 is 0 Å². The minimum atomic E-state index is -0.0897. The number of carbonyl (C=O) groups excluding carboxylic acids is 1. The molecule has 62 valence electrons. The van der Waals surface area contributed by atoms with Gasteiger partial charge in [0.1, 0.15) is 6.10 Å². The molecule has 3 nitrogen and oxygen atoms in total. The predicted molar refractivity (Wildman–Crippen MR) is 40.1 cm³/mol. The van der Waals surface area contributed by atoms with E-state index in [2.05, 4.69) is 5.32 Å². The van der Waals surface area contributed by atoms with Gasteiger partial charge in [0.15, 0.2) is 0 Å². The average molecular weight is 155 g/mol. The maximum absolute atomic E-state index is 10.8. The molecule has 0 aromatic carbocycles. The van der Waals surface area contributed by atoms with Gasteiger partial charge in [0.05, 0.1) is 6.54 Å². The van der Waals surface area contributed by atoms with Crippen molar-refractivity contribution < 1.29 is 9.53 Å². The van der Waals surface area contributed by atoms with Crippen molar-refractivity contribution in [3.05, 3.63) is 0 Å². The van der Waals surface area contributed by atoms with Crippen LogP contribution in [0.1, 0.15) is 25.7 Å². The first-order valence-corrected chi connectivity index (χ1v) is 4.29. The Bertz CT molecular complexity index is 169. The smallest absolute Gasteiger partial charge is 0.320 e. The van der Waals surface area contributed by atoms with E-state index in [1.54, 1.807) is 0 Å². The Morgan fingerprint density at radius 2 is 2.18 bits per heavy atom. The Morgan fingerprint density at radius 1 is 1.36 bits per heavy atom. The summed E-state index contributed by atoms with van der Waals surface area (Å²) in [5.41, 5.74) is 0. The molecule has 2 aliphatic rings. The molecule has 0 radical (unpaired) electrons. The lowest BCUT2D eigenvalue weighted by Gasteiger charge is -2.35. The van der Waals surface area contributed by atoms with Gasteiger partial charge in [-0.3, -0.25) is 4.79 Å². The van der Waals surface area contributed by atoms with Crippen LogP contribution in [0.15, 0.2) is 0 Å². The van der Waals surface area contributed by atoms with Crippen LogP contribution in [-0.2, 0) is 9.53 Å². The molecule has 0 unspecified atom stereocenters. The molecule has 1 heterocycles. The first-order valence-electron chi connectivity index (χ1n) is 4.29. The van der Waals surface area contributed by atoms with Gasteiger partial charge in [-0.15, -0.1) is 0 Å². The van der Waals surface area contributed by atoms with Crippen molar-refractivity contribution in [3.8, 4) is 0 Å². The normalized spacial score (nSPS) is 37.6. The van der Waals surface area contributed by atoms with Crippen molar-refractivity contribution in [1.29, 1.82) is 0 Å². The third-order valence-corrected chi connectivity index (χ3v) is 2.49. The molecule has 0 aromatic rings. The molecule has 11 heavy (non-hydrogen) atoms. The Morgan fingerprint density at radius 3 is 3.09 bits per heavy atom. The second-order valence-corrected chi connectivity index (χ2v) is 3.30. The molecule has 2 rings (SSSR count). The van der Waals surface area contributed by atoms with E-state index < -0.39 is 0 Å². The van der Waals surface area contributed by atoms with Crippen molar-refractivity contribution in [1.82, 2.24) is 5.32 Å². The van der Waals surface area contributed by atoms with Gasteiger partial charge in [-0.1, -0.05) is 6.42 Å². The number of hydrogen-bond donors (Lipinski definition) is 1. The minimum Gasteiger partial charge on any atom is -0.460 e. The van der Waals surface area contributed by atoms with E-state index in [0.717, 1.165) is 12.8 Å². The summed E-state index contributed by atoms with van der Waals surface area (Å²) in [6.45, 7) is 0.404. The van der Waals surface area contributed by atoms with Crippen LogP contribution in [0.5, 0.6) is 0 Å². The third kappa shape index (κ3) is 1.38. The van der Waals surface area contributed by atoms with Crippen molar-refractivity contribution >= 4 is 5.97 Å². The van der Waals surface area contributed by atoms with Crippen molar-refractivity contribution in [3.63, 3.8) is 0 Å². The summed E-state index contributed by atoms with van der Waals surface area (Å²) < 4.78 is 5.19. The van der Waals surface area contributed by atoms with Crippen LogP contribution in [0, 0.1) is 0 Å². The number of ether oxygens (including phenoxy) is 1. The first kappa shape index (κ1) is 7.10.